The van der Waals surface area contributed by atoms with Crippen molar-refractivity contribution in [2.45, 2.75) is 17.7 Å². The van der Waals surface area contributed by atoms with Crippen LogP contribution in [0.5, 0.6) is 11.5 Å². The summed E-state index contributed by atoms with van der Waals surface area (Å²) in [7, 11) is -4.50. The molecule has 10 heteroatoms. The third-order valence-electron chi connectivity index (χ3n) is 6.07. The van der Waals surface area contributed by atoms with Crippen LogP contribution in [0.2, 0.25) is 0 Å². The molecule has 4 aromatic rings. The van der Waals surface area contributed by atoms with Gasteiger partial charge in [-0.2, -0.15) is 0 Å². The minimum absolute atomic E-state index is 0.135. The molecule has 0 spiro atoms. The Labute approximate surface area is 225 Å². The van der Waals surface area contributed by atoms with Crippen molar-refractivity contribution < 1.29 is 31.8 Å². The number of benzene rings is 4. The molecule has 0 radical (unpaired) electrons. The minimum atomic E-state index is -4.50. The van der Waals surface area contributed by atoms with Crippen LogP contribution in [0.3, 0.4) is 0 Å². The summed E-state index contributed by atoms with van der Waals surface area (Å²) in [5.41, 5.74) is 1.82. The number of nitrogens with two attached hydrogens (primary N) is 1. The molecule has 0 heterocycles. The maximum atomic E-state index is 14.0. The van der Waals surface area contributed by atoms with Gasteiger partial charge in [0.05, 0.1) is 11.3 Å². The van der Waals surface area contributed by atoms with Crippen molar-refractivity contribution in [3.8, 4) is 11.5 Å². The van der Waals surface area contributed by atoms with Crippen LogP contribution in [0.1, 0.15) is 21.5 Å². The summed E-state index contributed by atoms with van der Waals surface area (Å²) < 4.78 is 58.6. The zero-order valence-electron chi connectivity index (χ0n) is 20.8. The number of aromatic carboxylic acids is 1. The number of carbonyl (C=O) groups is 1. The van der Waals surface area contributed by atoms with Crippen LogP contribution in [0.25, 0.3) is 0 Å². The topological polar surface area (TPSA) is 110 Å². The van der Waals surface area contributed by atoms with Crippen molar-refractivity contribution in [1.29, 1.82) is 0 Å². The highest BCUT2D eigenvalue weighted by Crippen LogP contribution is 2.40. The Morgan fingerprint density at radius 2 is 1.38 bits per heavy atom. The average molecular weight is 553 g/mol. The molecule has 0 aliphatic carbocycles. The lowest BCUT2D eigenvalue weighted by Gasteiger charge is -2.28. The van der Waals surface area contributed by atoms with Gasteiger partial charge in [0, 0.05) is 19.2 Å². The number of rotatable bonds is 11. The Bertz CT molecular complexity index is 1520. The monoisotopic (exact) mass is 552 g/mol. The Morgan fingerprint density at radius 3 is 1.87 bits per heavy atom. The van der Waals surface area contributed by atoms with Crippen LogP contribution in [0.15, 0.2) is 95.9 Å². The number of anilines is 1. The van der Waals surface area contributed by atoms with Gasteiger partial charge in [0.2, 0.25) is 10.0 Å². The van der Waals surface area contributed by atoms with Gasteiger partial charge in [0.25, 0.3) is 0 Å². The maximum absolute atomic E-state index is 14.0. The predicted octanol–water partition coefficient (Wildman–Crippen LogP) is 5.39. The van der Waals surface area contributed by atoms with Gasteiger partial charge in [0.1, 0.15) is 10.6 Å². The normalized spacial score (nSPS) is 11.3. The molecule has 4 aromatic carbocycles. The van der Waals surface area contributed by atoms with Gasteiger partial charge in [-0.3, -0.25) is 0 Å². The summed E-state index contributed by atoms with van der Waals surface area (Å²) in [6.07, 6.45) is 1.09. The predicted molar refractivity (Wildman–Crippen MR) is 144 cm³/mol. The molecule has 0 saturated heterocycles. The Kier molecular flexibility index (Phi) is 8.58. The molecule has 7 nitrogen and oxygen atoms in total. The number of hydrogen-bond acceptors (Lipinski definition) is 5. The third-order valence-corrected chi connectivity index (χ3v) is 6.98. The largest absolute Gasteiger partial charge is 0.478 e. The van der Waals surface area contributed by atoms with Crippen molar-refractivity contribution in [3.63, 3.8) is 0 Å². The van der Waals surface area contributed by atoms with Crippen LogP contribution in [0, 0.1) is 11.6 Å². The molecule has 0 saturated carbocycles. The van der Waals surface area contributed by atoms with Gasteiger partial charge in [0.15, 0.2) is 17.4 Å². The van der Waals surface area contributed by atoms with Crippen molar-refractivity contribution in [3.05, 3.63) is 119 Å². The molecule has 0 fully saturated rings. The van der Waals surface area contributed by atoms with Gasteiger partial charge in [-0.1, -0.05) is 60.7 Å². The fourth-order valence-electron chi connectivity index (χ4n) is 4.09. The number of halogens is 2. The second-order valence-electron chi connectivity index (χ2n) is 8.81. The lowest BCUT2D eigenvalue weighted by atomic mass is 10.1. The van der Waals surface area contributed by atoms with E-state index in [2.05, 4.69) is 0 Å². The summed E-state index contributed by atoms with van der Waals surface area (Å²) in [4.78, 5) is 13.2. The number of ether oxygens (including phenoxy) is 1. The summed E-state index contributed by atoms with van der Waals surface area (Å²) in [6.45, 7) is 0.718. The number of primary sulfonamides is 1. The Hall–Kier alpha value is -4.28. The van der Waals surface area contributed by atoms with Gasteiger partial charge in [-0.05, 0) is 48.2 Å². The second-order valence-corrected chi connectivity index (χ2v) is 10.3. The molecule has 202 valence electrons. The van der Waals surface area contributed by atoms with Crippen LogP contribution in [-0.4, -0.2) is 32.6 Å². The van der Waals surface area contributed by atoms with Crippen LogP contribution >= 0.6 is 0 Å². The Balaban J connectivity index is 1.85. The molecular formula is C29H26F2N2O5S. The van der Waals surface area contributed by atoms with E-state index in [-0.39, 0.29) is 22.7 Å². The second kappa shape index (κ2) is 12.1. The van der Waals surface area contributed by atoms with E-state index >= 15 is 0 Å². The van der Waals surface area contributed by atoms with E-state index in [1.807, 2.05) is 60.7 Å². The molecule has 0 aliphatic rings. The lowest BCUT2D eigenvalue weighted by molar-refractivity contribution is 0.0696. The number of hydrogen-bond donors (Lipinski definition) is 2. The summed E-state index contributed by atoms with van der Waals surface area (Å²) in [6, 6.07) is 24.1. The fraction of sp³-hybridized carbons (Fsp3) is 0.138. The van der Waals surface area contributed by atoms with Crippen molar-refractivity contribution in [2.24, 2.45) is 5.14 Å². The summed E-state index contributed by atoms with van der Waals surface area (Å²) in [5, 5.41) is 15.2. The molecule has 0 unspecified atom stereocenters. The van der Waals surface area contributed by atoms with E-state index in [1.54, 1.807) is 4.90 Å². The van der Waals surface area contributed by atoms with E-state index in [4.69, 9.17) is 9.88 Å². The molecule has 3 N–H and O–H groups in total. The smallest absolute Gasteiger partial charge is 0.335 e. The van der Waals surface area contributed by atoms with E-state index in [0.717, 1.165) is 35.4 Å². The molecule has 0 bridgehead atoms. The molecule has 0 aromatic heterocycles. The zero-order chi connectivity index (χ0) is 28.0. The van der Waals surface area contributed by atoms with E-state index < -0.39 is 32.5 Å². The highest BCUT2D eigenvalue weighted by Gasteiger charge is 2.26. The first kappa shape index (κ1) is 27.7. The van der Waals surface area contributed by atoms with Crippen molar-refractivity contribution in [1.82, 2.24) is 0 Å². The van der Waals surface area contributed by atoms with Crippen molar-refractivity contribution in [2.75, 3.05) is 18.0 Å². The maximum Gasteiger partial charge on any atom is 0.335 e. The van der Waals surface area contributed by atoms with Crippen LogP contribution in [-0.2, 0) is 22.9 Å². The SMILES string of the molecule is NS(=O)(=O)c1cc(C(=O)O)cc(N(CCc2ccccc2)CCc2ccccc2)c1Oc1ccc(F)c(F)c1. The standard InChI is InChI=1S/C29H26F2N2O5S/c30-24-12-11-23(19-25(24)31)38-28-26(17-22(29(34)35)18-27(28)39(32,36)37)33(15-13-20-7-3-1-4-8-20)16-14-21-9-5-2-6-10-21/h1-12,17-19H,13-16H2,(H,34,35)(H2,32,36,37). The quantitative estimate of drug-likeness (QED) is 0.258. The molecule has 39 heavy (non-hydrogen) atoms. The lowest BCUT2D eigenvalue weighted by Crippen LogP contribution is -2.29. The highest BCUT2D eigenvalue weighted by molar-refractivity contribution is 7.89. The third kappa shape index (κ3) is 7.18. The molecule has 0 aliphatic heterocycles. The van der Waals surface area contributed by atoms with Crippen LogP contribution < -0.4 is 14.8 Å². The highest BCUT2D eigenvalue weighted by atomic mass is 32.2. The first-order valence-corrected chi connectivity index (χ1v) is 13.6. The summed E-state index contributed by atoms with van der Waals surface area (Å²) >= 11 is 0. The molecular weight excluding hydrogens is 526 g/mol. The van der Waals surface area contributed by atoms with Crippen LogP contribution in [0.4, 0.5) is 14.5 Å². The van der Waals surface area contributed by atoms with E-state index in [1.165, 1.54) is 6.07 Å². The Morgan fingerprint density at radius 1 is 0.821 bits per heavy atom. The van der Waals surface area contributed by atoms with Crippen molar-refractivity contribution >= 4 is 21.7 Å². The number of nitrogens with zero attached hydrogens (tertiary/aromatic N) is 1. The minimum Gasteiger partial charge on any atom is -0.478 e. The molecule has 0 amide bonds. The number of carboxylic acids is 1. The van der Waals surface area contributed by atoms with Gasteiger partial charge in [-0.25, -0.2) is 27.1 Å². The average Bonchev–Trinajstić information content (AvgIpc) is 2.91. The van der Waals surface area contributed by atoms with Gasteiger partial charge < -0.3 is 14.7 Å². The fourth-order valence-corrected chi connectivity index (χ4v) is 4.78. The van der Waals surface area contributed by atoms with E-state index in [9.17, 15) is 27.1 Å². The molecule has 0 atom stereocenters. The number of sulfonamides is 1. The first-order chi connectivity index (χ1) is 18.6. The zero-order valence-corrected chi connectivity index (χ0v) is 21.6. The summed E-state index contributed by atoms with van der Waals surface area (Å²) in [5.74, 6) is -4.14. The first-order valence-electron chi connectivity index (χ1n) is 12.0. The van der Waals surface area contributed by atoms with Gasteiger partial charge in [-0.15, -0.1) is 0 Å². The van der Waals surface area contributed by atoms with Gasteiger partial charge >= 0.3 is 5.97 Å². The van der Waals surface area contributed by atoms with E-state index in [0.29, 0.717) is 25.9 Å². The molecule has 4 rings (SSSR count). The number of carboxylic acid groups (broad SMARTS) is 1.